The molecule has 0 radical (unpaired) electrons. The van der Waals surface area contributed by atoms with Gasteiger partial charge >= 0.3 is 0 Å². The first-order chi connectivity index (χ1) is 7.10. The largest absolute Gasteiger partial charge is 0.313 e. The van der Waals surface area contributed by atoms with Gasteiger partial charge in [-0.15, -0.1) is 0 Å². The van der Waals surface area contributed by atoms with Gasteiger partial charge in [-0.3, -0.25) is 0 Å². The van der Waals surface area contributed by atoms with Crippen molar-refractivity contribution < 1.29 is 8.78 Å². The van der Waals surface area contributed by atoms with Gasteiger partial charge in [-0.1, -0.05) is 6.07 Å². The minimum atomic E-state index is -1.40. The third-order valence-corrected chi connectivity index (χ3v) is 2.89. The highest BCUT2D eigenvalue weighted by atomic mass is 19.1. The monoisotopic (exact) mass is 211 g/mol. The number of alkyl halides is 1. The van der Waals surface area contributed by atoms with Crippen molar-refractivity contribution in [1.82, 2.24) is 5.32 Å². The number of hydrogen-bond acceptors (Lipinski definition) is 1. The van der Waals surface area contributed by atoms with Crippen LogP contribution in [0.2, 0.25) is 0 Å². The minimum Gasteiger partial charge on any atom is -0.313 e. The van der Waals surface area contributed by atoms with Crippen molar-refractivity contribution in [2.75, 3.05) is 13.1 Å². The number of benzene rings is 1. The Bertz CT molecular complexity index is 336. The second-order valence-electron chi connectivity index (χ2n) is 4.26. The van der Waals surface area contributed by atoms with Gasteiger partial charge < -0.3 is 5.32 Å². The van der Waals surface area contributed by atoms with Crippen LogP contribution in [0.4, 0.5) is 8.78 Å². The highest BCUT2D eigenvalue weighted by molar-refractivity contribution is 5.29. The van der Waals surface area contributed by atoms with Crippen molar-refractivity contribution in [2.45, 2.75) is 25.4 Å². The maximum atomic E-state index is 14.4. The quantitative estimate of drug-likeness (QED) is 0.753. The van der Waals surface area contributed by atoms with Gasteiger partial charge in [0.15, 0.2) is 0 Å². The number of halogens is 2. The lowest BCUT2D eigenvalue weighted by molar-refractivity contribution is 0.121. The van der Waals surface area contributed by atoms with Gasteiger partial charge in [0.2, 0.25) is 0 Å². The number of nitrogens with one attached hydrogen (secondary N) is 1. The summed E-state index contributed by atoms with van der Waals surface area (Å²) in [4.78, 5) is 0. The third kappa shape index (κ3) is 2.17. The summed E-state index contributed by atoms with van der Waals surface area (Å²) in [6.45, 7) is 2.92. The predicted octanol–water partition coefficient (Wildman–Crippen LogP) is 2.68. The first-order valence-electron chi connectivity index (χ1n) is 5.27. The van der Waals surface area contributed by atoms with E-state index in [0.29, 0.717) is 12.0 Å². The topological polar surface area (TPSA) is 12.0 Å². The Morgan fingerprint density at radius 1 is 1.33 bits per heavy atom. The van der Waals surface area contributed by atoms with Gasteiger partial charge in [0, 0.05) is 6.54 Å². The fourth-order valence-corrected chi connectivity index (χ4v) is 2.11. The van der Waals surface area contributed by atoms with E-state index in [-0.39, 0.29) is 12.4 Å². The van der Waals surface area contributed by atoms with E-state index in [1.165, 1.54) is 12.1 Å². The van der Waals surface area contributed by atoms with Crippen molar-refractivity contribution in [1.29, 1.82) is 0 Å². The summed E-state index contributed by atoms with van der Waals surface area (Å²) in [5.74, 6) is -0.354. The second-order valence-corrected chi connectivity index (χ2v) is 4.26. The molecule has 1 aliphatic rings. The fraction of sp³-hybridized carbons (Fsp3) is 0.500. The normalized spacial score (nSPS) is 26.6. The molecule has 0 spiro atoms. The van der Waals surface area contributed by atoms with E-state index < -0.39 is 5.67 Å². The van der Waals surface area contributed by atoms with Crippen LogP contribution in [0.3, 0.4) is 0 Å². The Morgan fingerprint density at radius 2 is 2.13 bits per heavy atom. The summed E-state index contributed by atoms with van der Waals surface area (Å²) in [6, 6.07) is 4.46. The zero-order chi connectivity index (χ0) is 10.9. The van der Waals surface area contributed by atoms with E-state index in [0.717, 1.165) is 18.5 Å². The van der Waals surface area contributed by atoms with Crippen LogP contribution in [-0.2, 0) is 5.67 Å². The summed E-state index contributed by atoms with van der Waals surface area (Å²) >= 11 is 0. The Morgan fingerprint density at radius 3 is 2.73 bits per heavy atom. The minimum absolute atomic E-state index is 0.288. The maximum Gasteiger partial charge on any atom is 0.148 e. The zero-order valence-corrected chi connectivity index (χ0v) is 8.82. The van der Waals surface area contributed by atoms with Crippen LogP contribution in [-0.4, -0.2) is 13.1 Å². The Balaban J connectivity index is 2.34. The van der Waals surface area contributed by atoms with E-state index in [1.54, 1.807) is 13.0 Å². The SMILES string of the molecule is Cc1cc(F)cc(C2(F)CCCNC2)c1. The molecule has 1 aromatic carbocycles. The molecule has 1 heterocycles. The molecule has 3 heteroatoms. The van der Waals surface area contributed by atoms with Crippen LogP contribution in [0, 0.1) is 12.7 Å². The molecule has 1 fully saturated rings. The fourth-order valence-electron chi connectivity index (χ4n) is 2.11. The van der Waals surface area contributed by atoms with Gasteiger partial charge in [0.25, 0.3) is 0 Å². The molecule has 1 nitrogen and oxygen atoms in total. The van der Waals surface area contributed by atoms with Gasteiger partial charge in [0.1, 0.15) is 11.5 Å². The van der Waals surface area contributed by atoms with Crippen molar-refractivity contribution in [3.8, 4) is 0 Å². The highest BCUT2D eigenvalue weighted by Crippen LogP contribution is 2.33. The van der Waals surface area contributed by atoms with E-state index in [9.17, 15) is 8.78 Å². The third-order valence-electron chi connectivity index (χ3n) is 2.89. The molecular weight excluding hydrogens is 196 g/mol. The summed E-state index contributed by atoms with van der Waals surface area (Å²) in [5, 5.41) is 3.02. The first-order valence-corrected chi connectivity index (χ1v) is 5.27. The molecule has 0 aliphatic carbocycles. The maximum absolute atomic E-state index is 14.4. The number of rotatable bonds is 1. The van der Waals surface area contributed by atoms with Gasteiger partial charge in [-0.2, -0.15) is 0 Å². The first kappa shape index (κ1) is 10.6. The predicted molar refractivity (Wildman–Crippen MR) is 56.0 cm³/mol. The molecule has 0 aromatic heterocycles. The van der Waals surface area contributed by atoms with Gasteiger partial charge in [-0.25, -0.2) is 8.78 Å². The van der Waals surface area contributed by atoms with Crippen molar-refractivity contribution in [2.24, 2.45) is 0 Å². The standard InChI is InChI=1S/C12H15F2N/c1-9-5-10(7-11(13)6-9)12(14)3-2-4-15-8-12/h5-7,15H,2-4,8H2,1H3. The smallest absolute Gasteiger partial charge is 0.148 e. The van der Waals surface area contributed by atoms with Crippen molar-refractivity contribution in [3.63, 3.8) is 0 Å². The lowest BCUT2D eigenvalue weighted by Crippen LogP contribution is -2.40. The van der Waals surface area contributed by atoms with Crippen LogP contribution in [0.1, 0.15) is 24.0 Å². The molecule has 1 atom stereocenters. The highest BCUT2D eigenvalue weighted by Gasteiger charge is 2.34. The Kier molecular flexibility index (Phi) is 2.74. The van der Waals surface area contributed by atoms with Gasteiger partial charge in [-0.05, 0) is 49.6 Å². The summed E-state index contributed by atoms with van der Waals surface area (Å²) in [6.07, 6.45) is 1.27. The zero-order valence-electron chi connectivity index (χ0n) is 8.82. The lowest BCUT2D eigenvalue weighted by Gasteiger charge is -2.30. The van der Waals surface area contributed by atoms with E-state index in [2.05, 4.69) is 5.32 Å². The molecule has 15 heavy (non-hydrogen) atoms. The van der Waals surface area contributed by atoms with Crippen LogP contribution < -0.4 is 5.32 Å². The lowest BCUT2D eigenvalue weighted by atomic mass is 9.87. The van der Waals surface area contributed by atoms with Crippen LogP contribution in [0.25, 0.3) is 0 Å². The molecule has 0 bridgehead atoms. The number of aryl methyl sites for hydroxylation is 1. The van der Waals surface area contributed by atoms with Gasteiger partial charge in [0.05, 0.1) is 0 Å². The average Bonchev–Trinajstić information content (AvgIpc) is 2.17. The van der Waals surface area contributed by atoms with Crippen LogP contribution in [0.5, 0.6) is 0 Å². The van der Waals surface area contributed by atoms with Crippen molar-refractivity contribution in [3.05, 3.63) is 35.1 Å². The summed E-state index contributed by atoms with van der Waals surface area (Å²) in [5.41, 5.74) is -0.162. The van der Waals surface area contributed by atoms with Crippen LogP contribution in [0.15, 0.2) is 18.2 Å². The molecular formula is C12H15F2N. The molecule has 1 unspecified atom stereocenters. The molecule has 1 aromatic rings. The Labute approximate surface area is 88.5 Å². The molecule has 82 valence electrons. The van der Waals surface area contributed by atoms with Crippen molar-refractivity contribution >= 4 is 0 Å². The molecule has 2 rings (SSSR count). The summed E-state index contributed by atoms with van der Waals surface area (Å²) < 4.78 is 27.6. The number of hydrogen-bond donors (Lipinski definition) is 1. The molecule has 1 aliphatic heterocycles. The van der Waals surface area contributed by atoms with E-state index in [1.807, 2.05) is 0 Å². The number of piperidine rings is 1. The van der Waals surface area contributed by atoms with E-state index >= 15 is 0 Å². The average molecular weight is 211 g/mol. The van der Waals surface area contributed by atoms with Crippen LogP contribution >= 0.6 is 0 Å². The Hall–Kier alpha value is -0.960. The molecule has 0 saturated carbocycles. The molecule has 1 saturated heterocycles. The second kappa shape index (κ2) is 3.89. The molecule has 0 amide bonds. The molecule has 1 N–H and O–H groups in total. The van der Waals surface area contributed by atoms with E-state index in [4.69, 9.17) is 0 Å². The summed E-state index contributed by atoms with van der Waals surface area (Å²) in [7, 11) is 0.